The van der Waals surface area contributed by atoms with Gasteiger partial charge in [-0.15, -0.1) is 0 Å². The van der Waals surface area contributed by atoms with Gasteiger partial charge in [-0.05, 0) is 43.5 Å². The van der Waals surface area contributed by atoms with Crippen molar-refractivity contribution in [2.24, 2.45) is 0 Å². The first-order chi connectivity index (χ1) is 9.93. The van der Waals surface area contributed by atoms with Crippen LogP contribution in [0.1, 0.15) is 29.6 Å². The molecule has 0 radical (unpaired) electrons. The third-order valence-corrected chi connectivity index (χ3v) is 4.99. The smallest absolute Gasteiger partial charge is 0.337 e. The first-order valence-electron chi connectivity index (χ1n) is 6.69. The lowest BCUT2D eigenvalue weighted by atomic mass is 10.2. The maximum atomic E-state index is 12.3. The Balaban J connectivity index is 2.75. The fraction of sp³-hybridized carbons (Fsp3) is 0.500. The number of aliphatic hydroxyl groups is 1. The molecule has 0 saturated carbocycles. The quantitative estimate of drug-likeness (QED) is 0.576. The van der Waals surface area contributed by atoms with E-state index in [-0.39, 0.29) is 11.5 Å². The highest BCUT2D eigenvalue weighted by atomic mass is 32.2. The molecule has 1 aromatic carbocycles. The Hall–Kier alpha value is -1.44. The van der Waals surface area contributed by atoms with E-state index in [0.717, 1.165) is 6.42 Å². The lowest BCUT2D eigenvalue weighted by Crippen LogP contribution is -2.28. The van der Waals surface area contributed by atoms with Crippen LogP contribution in [0.2, 0.25) is 0 Å². The highest BCUT2D eigenvalue weighted by Crippen LogP contribution is 2.16. The van der Waals surface area contributed by atoms with Gasteiger partial charge in [0.2, 0.25) is 10.0 Å². The number of methoxy groups -OCH3 is 1. The van der Waals surface area contributed by atoms with Crippen molar-refractivity contribution in [2.75, 3.05) is 27.3 Å². The Labute approximate surface area is 125 Å². The molecule has 0 fully saturated rings. The number of benzene rings is 1. The van der Waals surface area contributed by atoms with Crippen molar-refractivity contribution >= 4 is 16.0 Å². The Morgan fingerprint density at radius 2 is 1.81 bits per heavy atom. The molecule has 0 heterocycles. The van der Waals surface area contributed by atoms with Gasteiger partial charge in [0.25, 0.3) is 0 Å². The molecular formula is C14H21NO5S. The van der Waals surface area contributed by atoms with Gasteiger partial charge < -0.3 is 9.84 Å². The van der Waals surface area contributed by atoms with E-state index in [4.69, 9.17) is 5.11 Å². The van der Waals surface area contributed by atoms with Gasteiger partial charge in [-0.25, -0.2) is 17.5 Å². The number of nitrogens with zero attached hydrogens (tertiary/aromatic N) is 1. The molecule has 0 amide bonds. The van der Waals surface area contributed by atoms with Crippen LogP contribution in [-0.2, 0) is 14.8 Å². The van der Waals surface area contributed by atoms with Gasteiger partial charge in [0.05, 0.1) is 17.6 Å². The van der Waals surface area contributed by atoms with Crippen LogP contribution in [0.25, 0.3) is 0 Å². The lowest BCUT2D eigenvalue weighted by Gasteiger charge is -2.17. The molecular weight excluding hydrogens is 294 g/mol. The number of carbonyl (C=O) groups excluding carboxylic acids is 1. The second kappa shape index (κ2) is 8.11. The van der Waals surface area contributed by atoms with Crippen LogP contribution in [0.15, 0.2) is 29.2 Å². The monoisotopic (exact) mass is 315 g/mol. The summed E-state index contributed by atoms with van der Waals surface area (Å²) in [5.41, 5.74) is 0.307. The molecule has 0 aromatic heterocycles. The van der Waals surface area contributed by atoms with Crippen molar-refractivity contribution in [1.29, 1.82) is 0 Å². The van der Waals surface area contributed by atoms with E-state index in [1.807, 2.05) is 0 Å². The molecule has 1 aromatic rings. The van der Waals surface area contributed by atoms with Crippen LogP contribution in [-0.4, -0.2) is 51.1 Å². The van der Waals surface area contributed by atoms with E-state index in [2.05, 4.69) is 4.74 Å². The fourth-order valence-corrected chi connectivity index (χ4v) is 3.01. The van der Waals surface area contributed by atoms with Crippen molar-refractivity contribution in [1.82, 2.24) is 4.31 Å². The zero-order valence-electron chi connectivity index (χ0n) is 12.3. The van der Waals surface area contributed by atoms with E-state index < -0.39 is 16.0 Å². The van der Waals surface area contributed by atoms with Gasteiger partial charge in [0, 0.05) is 20.2 Å². The zero-order valence-corrected chi connectivity index (χ0v) is 13.1. The first-order valence-corrected chi connectivity index (χ1v) is 8.13. The predicted molar refractivity (Wildman–Crippen MR) is 78.5 cm³/mol. The number of hydrogen-bond donors (Lipinski definition) is 1. The third-order valence-electron chi connectivity index (χ3n) is 3.11. The third kappa shape index (κ3) is 4.80. The summed E-state index contributed by atoms with van der Waals surface area (Å²) in [7, 11) is -0.769. The van der Waals surface area contributed by atoms with Crippen LogP contribution in [0.3, 0.4) is 0 Å². The maximum Gasteiger partial charge on any atom is 0.337 e. The van der Waals surface area contributed by atoms with Gasteiger partial charge >= 0.3 is 5.97 Å². The Kier molecular flexibility index (Phi) is 6.80. The normalized spacial score (nSPS) is 11.6. The van der Waals surface area contributed by atoms with Crippen LogP contribution in [0.5, 0.6) is 0 Å². The van der Waals surface area contributed by atoms with E-state index in [1.54, 1.807) is 0 Å². The summed E-state index contributed by atoms with van der Waals surface area (Å²) in [5, 5.41) is 8.69. The molecule has 0 aliphatic rings. The minimum absolute atomic E-state index is 0.117. The minimum atomic E-state index is -3.56. The molecule has 0 atom stereocenters. The molecule has 0 spiro atoms. The number of hydrogen-bond acceptors (Lipinski definition) is 5. The Morgan fingerprint density at radius 3 is 2.33 bits per heavy atom. The molecule has 1 N–H and O–H groups in total. The SMILES string of the molecule is COC(=O)c1ccc(S(=O)(=O)N(C)CCCCCO)cc1. The standard InChI is InChI=1S/C14H21NO5S/c1-15(10-4-3-5-11-16)21(18,19)13-8-6-12(7-9-13)14(17)20-2/h6-9,16H,3-5,10-11H2,1-2H3. The largest absolute Gasteiger partial charge is 0.465 e. The number of ether oxygens (including phenoxy) is 1. The highest BCUT2D eigenvalue weighted by Gasteiger charge is 2.20. The number of sulfonamides is 1. The lowest BCUT2D eigenvalue weighted by molar-refractivity contribution is 0.0600. The number of unbranched alkanes of at least 4 members (excludes halogenated alkanes) is 2. The van der Waals surface area contributed by atoms with Gasteiger partial charge in [-0.1, -0.05) is 0 Å². The van der Waals surface area contributed by atoms with Gasteiger partial charge in [0.1, 0.15) is 0 Å². The number of rotatable bonds is 8. The highest BCUT2D eigenvalue weighted by molar-refractivity contribution is 7.89. The number of esters is 1. The number of aliphatic hydroxyl groups excluding tert-OH is 1. The van der Waals surface area contributed by atoms with Crippen molar-refractivity contribution in [3.05, 3.63) is 29.8 Å². The molecule has 0 aliphatic carbocycles. The molecule has 1 rings (SSSR count). The molecule has 0 saturated heterocycles. The van der Waals surface area contributed by atoms with Crippen molar-refractivity contribution < 1.29 is 23.1 Å². The molecule has 6 nitrogen and oxygen atoms in total. The molecule has 7 heteroatoms. The first kappa shape index (κ1) is 17.6. The summed E-state index contributed by atoms with van der Waals surface area (Å²) in [5.74, 6) is -0.503. The average molecular weight is 315 g/mol. The van der Waals surface area contributed by atoms with Crippen LogP contribution < -0.4 is 0 Å². The van der Waals surface area contributed by atoms with Crippen LogP contribution >= 0.6 is 0 Å². The molecule has 118 valence electrons. The summed E-state index contributed by atoms with van der Waals surface area (Å²) in [6.07, 6.45) is 2.13. The summed E-state index contributed by atoms with van der Waals surface area (Å²) in [6.45, 7) is 0.506. The van der Waals surface area contributed by atoms with Crippen LogP contribution in [0, 0.1) is 0 Å². The van der Waals surface area contributed by atoms with E-state index in [1.165, 1.54) is 42.7 Å². The topological polar surface area (TPSA) is 83.9 Å². The van der Waals surface area contributed by atoms with E-state index >= 15 is 0 Å². The maximum absolute atomic E-state index is 12.3. The van der Waals surface area contributed by atoms with Gasteiger partial charge in [-0.2, -0.15) is 0 Å². The van der Waals surface area contributed by atoms with Gasteiger partial charge in [-0.3, -0.25) is 0 Å². The van der Waals surface area contributed by atoms with Crippen molar-refractivity contribution in [2.45, 2.75) is 24.2 Å². The minimum Gasteiger partial charge on any atom is -0.465 e. The van der Waals surface area contributed by atoms with Crippen LogP contribution in [0.4, 0.5) is 0 Å². The molecule has 0 bridgehead atoms. The molecule has 0 aliphatic heterocycles. The van der Waals surface area contributed by atoms with Gasteiger partial charge in [0.15, 0.2) is 0 Å². The summed E-state index contributed by atoms with van der Waals surface area (Å²) >= 11 is 0. The van der Waals surface area contributed by atoms with E-state index in [9.17, 15) is 13.2 Å². The number of carbonyl (C=O) groups is 1. The summed E-state index contributed by atoms with van der Waals surface area (Å²) < 4.78 is 30.5. The Bertz CT molecular complexity index is 553. The average Bonchev–Trinajstić information content (AvgIpc) is 2.50. The summed E-state index contributed by atoms with van der Waals surface area (Å²) in [6, 6.07) is 5.65. The second-order valence-corrected chi connectivity index (χ2v) is 6.67. The second-order valence-electron chi connectivity index (χ2n) is 4.63. The predicted octanol–water partition coefficient (Wildman–Crippen LogP) is 1.26. The van der Waals surface area contributed by atoms with Crippen molar-refractivity contribution in [3.8, 4) is 0 Å². The van der Waals surface area contributed by atoms with E-state index in [0.29, 0.717) is 24.9 Å². The van der Waals surface area contributed by atoms with Crippen molar-refractivity contribution in [3.63, 3.8) is 0 Å². The zero-order chi connectivity index (χ0) is 15.9. The Morgan fingerprint density at radius 1 is 1.19 bits per heavy atom. The molecule has 21 heavy (non-hydrogen) atoms. The summed E-state index contributed by atoms with van der Waals surface area (Å²) in [4.78, 5) is 11.4. The molecule has 0 unspecified atom stereocenters. The fourth-order valence-electron chi connectivity index (χ4n) is 1.80.